The highest BCUT2D eigenvalue weighted by atomic mass is 16.6. The number of benzene rings is 1. The number of aryl methyl sites for hydroxylation is 1. The highest BCUT2D eigenvalue weighted by Crippen LogP contribution is 2.32. The number of fused-ring (bicyclic) bond motifs is 1. The number of anilines is 2. The summed E-state index contributed by atoms with van der Waals surface area (Å²) in [6.45, 7) is 5.66. The lowest BCUT2D eigenvalue weighted by molar-refractivity contribution is -0.154. The molecule has 1 fully saturated rings. The van der Waals surface area contributed by atoms with Crippen LogP contribution >= 0.6 is 0 Å². The molecule has 2 aromatic heterocycles. The van der Waals surface area contributed by atoms with Crippen LogP contribution in [0.25, 0.3) is 11.2 Å². The van der Waals surface area contributed by atoms with Crippen molar-refractivity contribution in [2.75, 3.05) is 24.2 Å². The third kappa shape index (κ3) is 6.34. The number of hydrogen-bond acceptors (Lipinski definition) is 11. The van der Waals surface area contributed by atoms with E-state index in [1.807, 2.05) is 45.0 Å². The van der Waals surface area contributed by atoms with Gasteiger partial charge in [-0.2, -0.15) is 9.97 Å². The number of carbonyl (C=O) groups excluding carboxylic acids is 1. The van der Waals surface area contributed by atoms with E-state index < -0.39 is 36.7 Å². The normalized spacial score (nSPS) is 21.9. The molecule has 0 unspecified atom stereocenters. The van der Waals surface area contributed by atoms with Crippen LogP contribution in [0.1, 0.15) is 44.5 Å². The lowest BCUT2D eigenvalue weighted by atomic mass is 10.1. The summed E-state index contributed by atoms with van der Waals surface area (Å²) < 4.78 is 12.4. The van der Waals surface area contributed by atoms with Crippen LogP contribution in [0.3, 0.4) is 0 Å². The van der Waals surface area contributed by atoms with Gasteiger partial charge in [-0.05, 0) is 44.7 Å². The molecule has 37 heavy (non-hydrogen) atoms. The van der Waals surface area contributed by atoms with E-state index in [-0.39, 0.29) is 17.7 Å². The zero-order valence-electron chi connectivity index (χ0n) is 21.2. The maximum absolute atomic E-state index is 11.9. The summed E-state index contributed by atoms with van der Waals surface area (Å²) in [5.74, 6) is 0.233. The largest absolute Gasteiger partial charge is 0.460 e. The first-order valence-electron chi connectivity index (χ1n) is 12.2. The summed E-state index contributed by atoms with van der Waals surface area (Å²) >= 11 is 0. The molecule has 0 bridgehead atoms. The maximum atomic E-state index is 11.9. The average Bonchev–Trinajstić information content (AvgIpc) is 3.38. The SMILES string of the molecule is CC(C)(C)OC(=O)CCc1ccc(CCNc2nc(N)c3ncn([C@@H]4O[C@H](CO)[C@@H](O)[C@H]4O)c3n2)cc1. The molecule has 1 aliphatic rings. The van der Waals surface area contributed by atoms with Crippen molar-refractivity contribution < 1.29 is 29.6 Å². The summed E-state index contributed by atoms with van der Waals surface area (Å²) in [7, 11) is 0. The number of esters is 1. The van der Waals surface area contributed by atoms with Gasteiger partial charge in [-0.25, -0.2) is 4.98 Å². The molecule has 12 nitrogen and oxygen atoms in total. The van der Waals surface area contributed by atoms with Gasteiger partial charge in [0, 0.05) is 13.0 Å². The Morgan fingerprint density at radius 3 is 2.43 bits per heavy atom. The van der Waals surface area contributed by atoms with Crippen molar-refractivity contribution in [3.8, 4) is 0 Å². The van der Waals surface area contributed by atoms with Crippen LogP contribution in [0.2, 0.25) is 0 Å². The van der Waals surface area contributed by atoms with E-state index in [2.05, 4.69) is 20.3 Å². The Kier molecular flexibility index (Phi) is 7.93. The number of rotatable bonds is 9. The second-order valence-electron chi connectivity index (χ2n) is 10.1. The summed E-state index contributed by atoms with van der Waals surface area (Å²) in [5.41, 5.74) is 8.42. The average molecular weight is 515 g/mol. The number of aliphatic hydroxyl groups excluding tert-OH is 3. The molecule has 3 aromatic rings. The van der Waals surface area contributed by atoms with E-state index in [1.54, 1.807) is 0 Å². The molecule has 200 valence electrons. The Morgan fingerprint density at radius 1 is 1.14 bits per heavy atom. The van der Waals surface area contributed by atoms with E-state index in [9.17, 15) is 20.1 Å². The van der Waals surface area contributed by atoms with Gasteiger partial charge in [0.25, 0.3) is 0 Å². The Morgan fingerprint density at radius 2 is 1.81 bits per heavy atom. The standard InChI is InChI=1S/C25H34N6O6/c1-25(2,3)37-17(33)9-8-14-4-6-15(7-5-14)10-11-27-24-29-21(26)18-22(30-24)31(13-28-18)23-20(35)19(34)16(12-32)36-23/h4-7,13,16,19-20,23,32,34-35H,8-12H2,1-3H3,(H3,26,27,29,30)/t16-,19-,20-,23-/m1/s1. The van der Waals surface area contributed by atoms with Gasteiger partial charge in [-0.1, -0.05) is 24.3 Å². The molecular weight excluding hydrogens is 480 g/mol. The first kappa shape index (κ1) is 26.7. The molecule has 0 radical (unpaired) electrons. The van der Waals surface area contributed by atoms with Crippen molar-refractivity contribution in [1.82, 2.24) is 19.5 Å². The molecule has 3 heterocycles. The summed E-state index contributed by atoms with van der Waals surface area (Å²) in [4.78, 5) is 24.9. The van der Waals surface area contributed by atoms with Crippen LogP contribution in [0.5, 0.6) is 0 Å². The first-order valence-corrected chi connectivity index (χ1v) is 12.2. The molecule has 1 saturated heterocycles. The molecule has 6 N–H and O–H groups in total. The van der Waals surface area contributed by atoms with Crippen LogP contribution in [0, 0.1) is 0 Å². The number of nitrogens with one attached hydrogen (secondary N) is 1. The van der Waals surface area contributed by atoms with Gasteiger partial charge in [0.1, 0.15) is 29.4 Å². The van der Waals surface area contributed by atoms with Crippen molar-refractivity contribution in [2.24, 2.45) is 0 Å². The molecule has 1 aromatic carbocycles. The molecule has 0 spiro atoms. The maximum Gasteiger partial charge on any atom is 0.306 e. The number of hydrogen-bond donors (Lipinski definition) is 5. The van der Waals surface area contributed by atoms with Crippen LogP contribution in [0.15, 0.2) is 30.6 Å². The van der Waals surface area contributed by atoms with Gasteiger partial charge in [0.15, 0.2) is 17.7 Å². The third-order valence-corrected chi connectivity index (χ3v) is 6.00. The van der Waals surface area contributed by atoms with Crippen molar-refractivity contribution in [3.63, 3.8) is 0 Å². The quantitative estimate of drug-likeness (QED) is 0.257. The van der Waals surface area contributed by atoms with Crippen LogP contribution < -0.4 is 11.1 Å². The van der Waals surface area contributed by atoms with Crippen molar-refractivity contribution in [1.29, 1.82) is 0 Å². The highest BCUT2D eigenvalue weighted by molar-refractivity contribution is 5.83. The molecule has 0 saturated carbocycles. The van der Waals surface area contributed by atoms with E-state index in [0.29, 0.717) is 37.0 Å². The smallest absolute Gasteiger partial charge is 0.306 e. The van der Waals surface area contributed by atoms with Crippen molar-refractivity contribution in [2.45, 2.75) is 70.2 Å². The Hall–Kier alpha value is -3.32. The number of ether oxygens (including phenoxy) is 2. The summed E-state index contributed by atoms with van der Waals surface area (Å²) in [5, 5.41) is 33.0. The molecular formula is C25H34N6O6. The molecule has 0 aliphatic carbocycles. The molecule has 4 rings (SSSR count). The Bertz CT molecular complexity index is 1220. The highest BCUT2D eigenvalue weighted by Gasteiger charge is 2.44. The lowest BCUT2D eigenvalue weighted by Crippen LogP contribution is -2.33. The minimum Gasteiger partial charge on any atom is -0.460 e. The van der Waals surface area contributed by atoms with Crippen molar-refractivity contribution in [3.05, 3.63) is 41.7 Å². The number of imidazole rings is 1. The number of nitrogens with two attached hydrogens (primary N) is 1. The van der Waals surface area contributed by atoms with Gasteiger partial charge in [0.2, 0.25) is 5.95 Å². The third-order valence-electron chi connectivity index (χ3n) is 6.00. The minimum absolute atomic E-state index is 0.160. The van der Waals surface area contributed by atoms with Crippen LogP contribution in [-0.2, 0) is 27.1 Å². The predicted molar refractivity (Wildman–Crippen MR) is 136 cm³/mol. The van der Waals surface area contributed by atoms with Crippen LogP contribution in [-0.4, -0.2) is 77.9 Å². The number of aliphatic hydroxyl groups is 3. The van der Waals surface area contributed by atoms with E-state index >= 15 is 0 Å². The fourth-order valence-corrected chi connectivity index (χ4v) is 4.14. The second-order valence-corrected chi connectivity index (χ2v) is 10.1. The van der Waals surface area contributed by atoms with E-state index in [0.717, 1.165) is 11.1 Å². The fraction of sp³-hybridized carbons (Fsp3) is 0.520. The van der Waals surface area contributed by atoms with Gasteiger partial charge in [-0.15, -0.1) is 0 Å². The number of carbonyl (C=O) groups is 1. The Balaban J connectivity index is 1.35. The number of nitrogens with zero attached hydrogens (tertiary/aromatic N) is 4. The molecule has 4 atom stereocenters. The van der Waals surface area contributed by atoms with Gasteiger partial charge < -0.3 is 35.8 Å². The van der Waals surface area contributed by atoms with Crippen molar-refractivity contribution >= 4 is 28.9 Å². The second kappa shape index (κ2) is 11.0. The minimum atomic E-state index is -1.27. The monoisotopic (exact) mass is 514 g/mol. The predicted octanol–water partition coefficient (Wildman–Crippen LogP) is 0.949. The fourth-order valence-electron chi connectivity index (χ4n) is 4.14. The first-order chi connectivity index (χ1) is 17.6. The van der Waals surface area contributed by atoms with Gasteiger partial charge >= 0.3 is 5.97 Å². The van der Waals surface area contributed by atoms with E-state index in [1.165, 1.54) is 10.9 Å². The van der Waals surface area contributed by atoms with Gasteiger partial charge in [-0.3, -0.25) is 9.36 Å². The molecule has 1 aliphatic heterocycles. The van der Waals surface area contributed by atoms with Crippen LogP contribution in [0.4, 0.5) is 11.8 Å². The molecule has 0 amide bonds. The zero-order valence-corrected chi connectivity index (χ0v) is 21.2. The molecule has 12 heteroatoms. The van der Waals surface area contributed by atoms with Gasteiger partial charge in [0.05, 0.1) is 12.9 Å². The van der Waals surface area contributed by atoms with E-state index in [4.69, 9.17) is 15.2 Å². The topological polar surface area (TPSA) is 178 Å². The zero-order chi connectivity index (χ0) is 26.7. The number of aromatic nitrogens is 4. The Labute approximate surface area is 214 Å². The summed E-state index contributed by atoms with van der Waals surface area (Å²) in [6.07, 6.45) is -1.36. The summed E-state index contributed by atoms with van der Waals surface area (Å²) in [6, 6.07) is 8.03. The number of nitrogen functional groups attached to an aromatic ring is 1. The lowest BCUT2D eigenvalue weighted by Gasteiger charge is -2.19.